The van der Waals surface area contributed by atoms with E-state index in [1.165, 1.54) is 27.4 Å². The number of thiazole rings is 1. The van der Waals surface area contributed by atoms with E-state index >= 15 is 0 Å². The Morgan fingerprint density at radius 2 is 1.88 bits per heavy atom. The summed E-state index contributed by atoms with van der Waals surface area (Å²) >= 11 is 1.15. The molecule has 0 atom stereocenters. The number of allylic oxidation sites excluding steroid dienone is 1. The standard InChI is InChI=1S/C21H19N3O7S/c1-5-8-23-14-7-6-12(20(26)31-4)9-18(14)32-21(23)22-19(25)13-10-16(29-2)17(30-3)11-15(13)24(27)28/h5-7,9-11H,1,8H2,2-4H3. The smallest absolute Gasteiger partial charge is 0.337 e. The molecule has 0 N–H and O–H groups in total. The van der Waals surface area contributed by atoms with Crippen LogP contribution in [0.25, 0.3) is 10.2 Å². The van der Waals surface area contributed by atoms with Crippen LogP contribution in [-0.2, 0) is 11.3 Å². The molecule has 11 heteroatoms. The van der Waals surface area contributed by atoms with Crippen molar-refractivity contribution in [3.8, 4) is 11.5 Å². The van der Waals surface area contributed by atoms with E-state index in [0.29, 0.717) is 16.8 Å². The van der Waals surface area contributed by atoms with Crippen LogP contribution < -0.4 is 14.3 Å². The molecule has 3 aromatic rings. The fourth-order valence-corrected chi connectivity index (χ4v) is 4.12. The number of rotatable bonds is 7. The second-order valence-corrected chi connectivity index (χ2v) is 7.37. The third kappa shape index (κ3) is 4.23. The van der Waals surface area contributed by atoms with Crippen molar-refractivity contribution in [2.45, 2.75) is 6.54 Å². The van der Waals surface area contributed by atoms with E-state index in [4.69, 9.17) is 14.2 Å². The summed E-state index contributed by atoms with van der Waals surface area (Å²) < 4.78 is 17.4. The molecular formula is C21H19N3O7S. The summed E-state index contributed by atoms with van der Waals surface area (Å²) in [6, 6.07) is 7.29. The van der Waals surface area contributed by atoms with Gasteiger partial charge in [0.05, 0.1) is 48.1 Å². The number of nitro benzene ring substituents is 1. The van der Waals surface area contributed by atoms with Crippen LogP contribution in [0.2, 0.25) is 0 Å². The molecular weight excluding hydrogens is 438 g/mol. The van der Waals surface area contributed by atoms with E-state index < -0.39 is 22.5 Å². The number of amides is 1. The predicted molar refractivity (Wildman–Crippen MR) is 117 cm³/mol. The van der Waals surface area contributed by atoms with Gasteiger partial charge in [0.1, 0.15) is 5.56 Å². The van der Waals surface area contributed by atoms with E-state index in [1.807, 2.05) is 0 Å². The topological polar surface area (TPSA) is 122 Å². The molecule has 1 amide bonds. The zero-order valence-electron chi connectivity index (χ0n) is 17.5. The molecule has 0 bridgehead atoms. The third-order valence-electron chi connectivity index (χ3n) is 4.54. The van der Waals surface area contributed by atoms with Crippen molar-refractivity contribution in [1.29, 1.82) is 0 Å². The van der Waals surface area contributed by atoms with Gasteiger partial charge in [-0.25, -0.2) is 4.79 Å². The van der Waals surface area contributed by atoms with Crippen molar-refractivity contribution in [1.82, 2.24) is 4.57 Å². The molecule has 0 spiro atoms. The van der Waals surface area contributed by atoms with E-state index in [0.717, 1.165) is 22.9 Å². The summed E-state index contributed by atoms with van der Waals surface area (Å²) in [5, 5.41) is 11.5. The van der Waals surface area contributed by atoms with Gasteiger partial charge in [0.2, 0.25) is 0 Å². The number of ether oxygens (including phenoxy) is 3. The second-order valence-electron chi connectivity index (χ2n) is 6.36. The predicted octanol–water partition coefficient (Wildman–Crippen LogP) is 3.34. The molecule has 166 valence electrons. The van der Waals surface area contributed by atoms with Gasteiger partial charge in [-0.1, -0.05) is 17.4 Å². The number of esters is 1. The highest BCUT2D eigenvalue weighted by Gasteiger charge is 2.25. The number of carbonyl (C=O) groups excluding carboxylic acids is 2. The molecule has 0 aliphatic rings. The van der Waals surface area contributed by atoms with Gasteiger partial charge in [-0.05, 0) is 18.2 Å². The number of hydrogen-bond donors (Lipinski definition) is 0. The van der Waals surface area contributed by atoms with Crippen molar-refractivity contribution in [2.24, 2.45) is 4.99 Å². The monoisotopic (exact) mass is 457 g/mol. The van der Waals surface area contributed by atoms with Crippen molar-refractivity contribution in [3.63, 3.8) is 0 Å². The van der Waals surface area contributed by atoms with Crippen LogP contribution in [-0.4, -0.2) is 42.7 Å². The van der Waals surface area contributed by atoms with Crippen molar-refractivity contribution < 1.29 is 28.7 Å². The van der Waals surface area contributed by atoms with Crippen molar-refractivity contribution in [3.05, 3.63) is 69.0 Å². The summed E-state index contributed by atoms with van der Waals surface area (Å²) in [6.07, 6.45) is 1.63. The molecule has 0 saturated carbocycles. The second kappa shape index (κ2) is 9.43. The number of nitro groups is 1. The molecule has 32 heavy (non-hydrogen) atoms. The Morgan fingerprint density at radius 1 is 1.19 bits per heavy atom. The summed E-state index contributed by atoms with van der Waals surface area (Å²) in [6.45, 7) is 4.05. The minimum atomic E-state index is -0.824. The van der Waals surface area contributed by atoms with Crippen LogP contribution in [0.4, 0.5) is 5.69 Å². The highest BCUT2D eigenvalue weighted by atomic mass is 32.1. The molecule has 1 heterocycles. The molecule has 1 aromatic heterocycles. The van der Waals surface area contributed by atoms with Crippen LogP contribution >= 0.6 is 11.3 Å². The van der Waals surface area contributed by atoms with Crippen LogP contribution in [0.3, 0.4) is 0 Å². The average Bonchev–Trinajstić information content (AvgIpc) is 3.13. The largest absolute Gasteiger partial charge is 0.493 e. The molecule has 3 rings (SSSR count). The lowest BCUT2D eigenvalue weighted by molar-refractivity contribution is -0.385. The molecule has 0 aliphatic carbocycles. The van der Waals surface area contributed by atoms with E-state index in [-0.39, 0.29) is 21.9 Å². The molecule has 0 fully saturated rings. The van der Waals surface area contributed by atoms with Gasteiger partial charge in [-0.3, -0.25) is 14.9 Å². The zero-order chi connectivity index (χ0) is 23.4. The fourth-order valence-electron chi connectivity index (χ4n) is 3.05. The Kier molecular flexibility index (Phi) is 6.69. The molecule has 0 aliphatic heterocycles. The van der Waals surface area contributed by atoms with Crippen molar-refractivity contribution in [2.75, 3.05) is 21.3 Å². The molecule has 0 unspecified atom stereocenters. The van der Waals surface area contributed by atoms with Gasteiger partial charge in [-0.15, -0.1) is 6.58 Å². The van der Waals surface area contributed by atoms with Crippen LogP contribution in [0.15, 0.2) is 48.0 Å². The maximum absolute atomic E-state index is 13.0. The minimum absolute atomic E-state index is 0.120. The molecule has 10 nitrogen and oxygen atoms in total. The Bertz CT molecular complexity index is 1310. The summed E-state index contributed by atoms with van der Waals surface area (Å²) in [7, 11) is 3.98. The first-order valence-electron chi connectivity index (χ1n) is 9.16. The first-order valence-corrected chi connectivity index (χ1v) is 9.98. The Morgan fingerprint density at radius 3 is 2.47 bits per heavy atom. The number of benzene rings is 2. The first-order chi connectivity index (χ1) is 15.3. The van der Waals surface area contributed by atoms with E-state index in [9.17, 15) is 19.7 Å². The van der Waals surface area contributed by atoms with Crippen molar-refractivity contribution >= 4 is 39.1 Å². The van der Waals surface area contributed by atoms with Gasteiger partial charge < -0.3 is 18.8 Å². The zero-order valence-corrected chi connectivity index (χ0v) is 18.3. The number of nitrogens with zero attached hydrogens (tertiary/aromatic N) is 3. The van der Waals surface area contributed by atoms with Gasteiger partial charge in [0.25, 0.3) is 11.6 Å². The average molecular weight is 457 g/mol. The minimum Gasteiger partial charge on any atom is -0.493 e. The summed E-state index contributed by atoms with van der Waals surface area (Å²) in [5.74, 6) is -1.04. The lowest BCUT2D eigenvalue weighted by atomic mass is 10.1. The Balaban J connectivity index is 2.21. The Hall–Kier alpha value is -3.99. The first kappa shape index (κ1) is 22.7. The van der Waals surface area contributed by atoms with Crippen LogP contribution in [0.5, 0.6) is 11.5 Å². The number of carbonyl (C=O) groups is 2. The van der Waals surface area contributed by atoms with Gasteiger partial charge in [0.15, 0.2) is 16.3 Å². The normalized spacial score (nSPS) is 11.3. The number of fused-ring (bicyclic) bond motifs is 1. The Labute approximate surface area is 186 Å². The van der Waals surface area contributed by atoms with Crippen LogP contribution in [0.1, 0.15) is 20.7 Å². The lowest BCUT2D eigenvalue weighted by Gasteiger charge is -2.08. The summed E-state index contributed by atoms with van der Waals surface area (Å²) in [5.41, 5.74) is 0.364. The van der Waals surface area contributed by atoms with Crippen LogP contribution in [0, 0.1) is 10.1 Å². The quantitative estimate of drug-likeness (QED) is 0.231. The number of hydrogen-bond acceptors (Lipinski definition) is 8. The third-order valence-corrected chi connectivity index (χ3v) is 5.58. The lowest BCUT2D eigenvalue weighted by Crippen LogP contribution is -2.16. The highest BCUT2D eigenvalue weighted by Crippen LogP contribution is 2.34. The molecule has 0 saturated heterocycles. The molecule has 0 radical (unpaired) electrons. The maximum atomic E-state index is 13.0. The number of methoxy groups -OCH3 is 3. The van der Waals surface area contributed by atoms with Gasteiger partial charge in [0, 0.05) is 12.6 Å². The SMILES string of the molecule is C=CCn1c(=NC(=O)c2cc(OC)c(OC)cc2[N+](=O)[O-])sc2cc(C(=O)OC)ccc21. The highest BCUT2D eigenvalue weighted by molar-refractivity contribution is 7.16. The summed E-state index contributed by atoms with van der Waals surface area (Å²) in [4.78, 5) is 40.1. The fraction of sp³-hybridized carbons (Fsp3) is 0.190. The van der Waals surface area contributed by atoms with E-state index in [2.05, 4.69) is 11.6 Å². The van der Waals surface area contributed by atoms with E-state index in [1.54, 1.807) is 28.8 Å². The van der Waals surface area contributed by atoms with Gasteiger partial charge >= 0.3 is 5.97 Å². The molecule has 2 aromatic carbocycles. The number of aromatic nitrogens is 1. The van der Waals surface area contributed by atoms with Gasteiger partial charge in [-0.2, -0.15) is 4.99 Å². The maximum Gasteiger partial charge on any atom is 0.337 e.